The Morgan fingerprint density at radius 1 is 1.23 bits per heavy atom. The van der Waals surface area contributed by atoms with Gasteiger partial charge in [0.25, 0.3) is 5.91 Å². The van der Waals surface area contributed by atoms with Crippen molar-refractivity contribution in [2.75, 3.05) is 44.8 Å². The number of nitrogens with zero attached hydrogens (tertiary/aromatic N) is 1. The molecule has 0 spiro atoms. The van der Waals surface area contributed by atoms with Crippen LogP contribution in [0, 0.1) is 5.82 Å². The maximum atomic E-state index is 13.8. The van der Waals surface area contributed by atoms with Gasteiger partial charge in [0.05, 0.1) is 30.6 Å². The van der Waals surface area contributed by atoms with Crippen molar-refractivity contribution in [2.24, 2.45) is 0 Å². The number of carbonyl (C=O) groups excluding carboxylic acids is 1. The number of nitrogens with one attached hydrogen (secondary N) is 2. The first-order chi connectivity index (χ1) is 14.6. The zero-order chi connectivity index (χ0) is 21.3. The summed E-state index contributed by atoms with van der Waals surface area (Å²) in [6.45, 7) is 3.19. The van der Waals surface area contributed by atoms with Gasteiger partial charge < -0.3 is 15.2 Å². The Morgan fingerprint density at radius 2 is 2.00 bits per heavy atom. The Balaban J connectivity index is 1.58. The molecule has 0 saturated carbocycles. The fraction of sp³-hybridized carbons (Fsp3) is 0.381. The second-order valence-electron chi connectivity index (χ2n) is 6.91. The van der Waals surface area contributed by atoms with Crippen LogP contribution >= 0.6 is 22.6 Å². The fourth-order valence-corrected chi connectivity index (χ4v) is 3.78. The van der Waals surface area contributed by atoms with Crippen LogP contribution in [0.1, 0.15) is 15.9 Å². The van der Waals surface area contributed by atoms with Crippen molar-refractivity contribution in [3.05, 3.63) is 59.4 Å². The summed E-state index contributed by atoms with van der Waals surface area (Å²) in [6.07, 6.45) is -0.746. The minimum atomic E-state index is -0.746. The molecule has 2 aromatic carbocycles. The minimum Gasteiger partial charge on any atom is -0.389 e. The van der Waals surface area contributed by atoms with E-state index in [0.717, 1.165) is 28.8 Å². The highest BCUT2D eigenvalue weighted by Gasteiger charge is 2.17. The number of hydrogen-bond acceptors (Lipinski definition) is 6. The van der Waals surface area contributed by atoms with Gasteiger partial charge >= 0.3 is 0 Å². The van der Waals surface area contributed by atoms with Gasteiger partial charge in [0.1, 0.15) is 12.4 Å². The van der Waals surface area contributed by atoms with Crippen LogP contribution < -0.4 is 10.8 Å². The zero-order valence-electron chi connectivity index (χ0n) is 16.4. The van der Waals surface area contributed by atoms with Gasteiger partial charge in [0, 0.05) is 29.7 Å². The van der Waals surface area contributed by atoms with Gasteiger partial charge in [-0.05, 0) is 29.8 Å². The Hall–Kier alpha value is -1.79. The van der Waals surface area contributed by atoms with Crippen LogP contribution in [0.25, 0.3) is 0 Å². The molecular weight excluding hydrogens is 504 g/mol. The van der Waals surface area contributed by atoms with Gasteiger partial charge in [0.2, 0.25) is 0 Å². The van der Waals surface area contributed by atoms with Gasteiger partial charge in [-0.1, -0.05) is 40.8 Å². The summed E-state index contributed by atoms with van der Waals surface area (Å²) in [4.78, 5) is 19.9. The van der Waals surface area contributed by atoms with Crippen molar-refractivity contribution in [1.29, 1.82) is 0 Å². The summed E-state index contributed by atoms with van der Waals surface area (Å²) in [6, 6.07) is 11.5. The molecule has 1 fully saturated rings. The van der Waals surface area contributed by atoms with E-state index in [0.29, 0.717) is 25.4 Å². The summed E-state index contributed by atoms with van der Waals surface area (Å²) in [5.74, 6) is -0.981. The molecule has 1 amide bonds. The number of amides is 1. The number of halogens is 2. The van der Waals surface area contributed by atoms with Crippen LogP contribution in [0.5, 0.6) is 0 Å². The maximum Gasteiger partial charge on any atom is 0.276 e. The van der Waals surface area contributed by atoms with Gasteiger partial charge in [-0.3, -0.25) is 14.5 Å². The maximum absolute atomic E-state index is 13.8. The van der Waals surface area contributed by atoms with Crippen LogP contribution in [-0.2, 0) is 14.0 Å². The topological polar surface area (TPSA) is 83.1 Å². The molecule has 162 valence electrons. The van der Waals surface area contributed by atoms with Crippen molar-refractivity contribution in [3.63, 3.8) is 0 Å². The van der Waals surface area contributed by atoms with Crippen molar-refractivity contribution in [2.45, 2.75) is 10.5 Å². The molecule has 3 N–H and O–H groups in total. The van der Waals surface area contributed by atoms with Gasteiger partial charge in [-0.15, -0.1) is 0 Å². The minimum absolute atomic E-state index is 0.0509. The van der Waals surface area contributed by atoms with E-state index in [1.807, 2.05) is 24.3 Å². The molecule has 0 aromatic heterocycles. The van der Waals surface area contributed by atoms with Crippen LogP contribution in [0.2, 0.25) is 0 Å². The monoisotopic (exact) mass is 529 g/mol. The molecule has 9 heteroatoms. The van der Waals surface area contributed by atoms with E-state index in [9.17, 15) is 14.3 Å². The van der Waals surface area contributed by atoms with Crippen LogP contribution in [0.3, 0.4) is 0 Å². The largest absolute Gasteiger partial charge is 0.389 e. The predicted octanol–water partition coefficient (Wildman–Crippen LogP) is 2.86. The number of carbonyl (C=O) groups is 1. The number of anilines is 2. The van der Waals surface area contributed by atoms with E-state index < -0.39 is 17.8 Å². The highest BCUT2D eigenvalue weighted by molar-refractivity contribution is 14.1. The molecule has 3 rings (SSSR count). The van der Waals surface area contributed by atoms with E-state index in [2.05, 4.69) is 38.3 Å². The standard InChI is InChI=1S/C21H25FIN3O4/c22-16-5-6-18(20(11-16)24-19-4-2-1-3-15(19)12-23)21(28)25-30-14-17(27)13-26-7-9-29-10-8-26/h1-6,11,17,24,27H,7-10,12-14H2,(H,25,28). The quantitative estimate of drug-likeness (QED) is 0.264. The van der Waals surface area contributed by atoms with Crippen LogP contribution in [0.15, 0.2) is 42.5 Å². The first kappa shape index (κ1) is 22.9. The summed E-state index contributed by atoms with van der Waals surface area (Å²) in [5.41, 5.74) is 4.75. The molecule has 0 aliphatic carbocycles. The summed E-state index contributed by atoms with van der Waals surface area (Å²) >= 11 is 2.25. The normalized spacial score (nSPS) is 15.6. The second-order valence-corrected chi connectivity index (χ2v) is 7.68. The number of aliphatic hydroxyl groups excluding tert-OH is 1. The summed E-state index contributed by atoms with van der Waals surface area (Å²) in [5, 5.41) is 13.2. The van der Waals surface area contributed by atoms with Crippen molar-refractivity contribution >= 4 is 39.9 Å². The van der Waals surface area contributed by atoms with Crippen LogP contribution in [-0.4, -0.2) is 61.5 Å². The van der Waals surface area contributed by atoms with Gasteiger partial charge in [-0.25, -0.2) is 9.87 Å². The van der Waals surface area contributed by atoms with Crippen molar-refractivity contribution in [3.8, 4) is 0 Å². The Morgan fingerprint density at radius 3 is 2.77 bits per heavy atom. The molecule has 1 saturated heterocycles. The number of rotatable bonds is 9. The number of ether oxygens (including phenoxy) is 1. The smallest absolute Gasteiger partial charge is 0.276 e. The average Bonchev–Trinajstić information content (AvgIpc) is 2.75. The Bertz CT molecular complexity index is 849. The molecule has 0 radical (unpaired) electrons. The van der Waals surface area contributed by atoms with E-state index in [4.69, 9.17) is 9.57 Å². The third-order valence-corrected chi connectivity index (χ3v) is 5.49. The Kier molecular flexibility index (Phi) is 8.82. The van der Waals surface area contributed by atoms with E-state index in [-0.39, 0.29) is 12.2 Å². The molecule has 1 unspecified atom stereocenters. The van der Waals surface area contributed by atoms with E-state index >= 15 is 0 Å². The molecule has 1 aliphatic heterocycles. The number of benzene rings is 2. The lowest BCUT2D eigenvalue weighted by Crippen LogP contribution is -2.42. The number of aliphatic hydroxyl groups is 1. The first-order valence-corrected chi connectivity index (χ1v) is 11.2. The van der Waals surface area contributed by atoms with E-state index in [1.54, 1.807) is 0 Å². The number of morpholine rings is 1. The zero-order valence-corrected chi connectivity index (χ0v) is 18.6. The predicted molar refractivity (Wildman–Crippen MR) is 121 cm³/mol. The number of para-hydroxylation sites is 1. The average molecular weight is 529 g/mol. The van der Waals surface area contributed by atoms with Crippen LogP contribution in [0.4, 0.5) is 15.8 Å². The van der Waals surface area contributed by atoms with Crippen molar-refractivity contribution in [1.82, 2.24) is 10.4 Å². The van der Waals surface area contributed by atoms with Crippen molar-refractivity contribution < 1.29 is 23.9 Å². The highest BCUT2D eigenvalue weighted by Crippen LogP contribution is 2.26. The van der Waals surface area contributed by atoms with E-state index in [1.165, 1.54) is 18.2 Å². The number of hydroxylamine groups is 1. The third-order valence-electron chi connectivity index (χ3n) is 4.67. The molecule has 1 aliphatic rings. The lowest BCUT2D eigenvalue weighted by Gasteiger charge is -2.28. The third kappa shape index (κ3) is 6.61. The number of hydrogen-bond donors (Lipinski definition) is 3. The molecule has 1 atom stereocenters. The second kappa shape index (κ2) is 11.6. The highest BCUT2D eigenvalue weighted by atomic mass is 127. The van der Waals surface area contributed by atoms with Gasteiger partial charge in [0.15, 0.2) is 0 Å². The first-order valence-electron chi connectivity index (χ1n) is 9.67. The molecular formula is C21H25FIN3O4. The SMILES string of the molecule is O=C(NOCC(O)CN1CCOCC1)c1ccc(F)cc1Nc1ccccc1CI. The summed E-state index contributed by atoms with van der Waals surface area (Å²) < 4.78 is 19.9. The molecule has 7 nitrogen and oxygen atoms in total. The summed E-state index contributed by atoms with van der Waals surface area (Å²) in [7, 11) is 0. The molecule has 0 bridgehead atoms. The lowest BCUT2D eigenvalue weighted by atomic mass is 10.1. The number of β-amino-alcohol motifs (C(OH)–C–C–N with tert-alkyl or cyclic N) is 1. The fourth-order valence-electron chi connectivity index (χ4n) is 3.11. The Labute approximate surface area is 188 Å². The lowest BCUT2D eigenvalue weighted by molar-refractivity contribution is -0.0362. The molecule has 30 heavy (non-hydrogen) atoms. The molecule has 1 heterocycles. The number of alkyl halides is 1. The van der Waals surface area contributed by atoms with Gasteiger partial charge in [-0.2, -0.15) is 0 Å². The molecule has 2 aromatic rings.